The summed E-state index contributed by atoms with van der Waals surface area (Å²) >= 11 is 0.194. The summed E-state index contributed by atoms with van der Waals surface area (Å²) in [6.45, 7) is 50.7. The number of nitrogens with zero attached hydrogens (tertiary/aromatic N) is 8. The first-order valence-electron chi connectivity index (χ1n) is 27.8. The average molecular weight is 1140 g/mol. The molecule has 419 valence electrons. The molecular weight excluding hydrogens is 1040 g/mol. The summed E-state index contributed by atoms with van der Waals surface area (Å²) in [6.07, 6.45) is 4.35. The number of aliphatic imine (C=N–C) groups is 4. The van der Waals surface area contributed by atoms with Gasteiger partial charge in [0.2, 0.25) is 5.84 Å². The topological polar surface area (TPSA) is 62.2 Å². The Morgan fingerprint density at radius 3 is 0.974 bits per heavy atom. The molecule has 2 heterocycles. The number of amidine groups is 4. The van der Waals surface area contributed by atoms with Gasteiger partial charge in [0.1, 0.15) is 5.69 Å². The number of rotatable bonds is 12. The molecule has 0 spiro atoms. The van der Waals surface area contributed by atoms with Gasteiger partial charge in [-0.25, -0.2) is 19.6 Å². The average Bonchev–Trinajstić information content (AvgIpc) is 3.36. The Kier molecular flexibility index (Phi) is 27.5. The first-order chi connectivity index (χ1) is 35.4. The molecule has 76 heavy (non-hydrogen) atoms. The summed E-state index contributed by atoms with van der Waals surface area (Å²) in [7, 11) is 9.53. The molecular formula is C64H94Cl3FeN8. The van der Waals surface area contributed by atoms with Crippen LogP contribution >= 0.6 is 20.2 Å². The standard InChI is InChI=1S/2C32H47N4.3ClH.Fe/c2*1-21(2)27-14-11-15-28(22(3)4)31(27)33-25(9)35-18-13-19-36(20-35)26(10)34-32-29(23(5)6)16-12-17-30(32)24(7)8;;;;/h2*11-12,14-17,20-24H,13,18-19H2,1-10H3;3*1H;/q-1;+1;;;;+3/p-3. The van der Waals surface area contributed by atoms with Gasteiger partial charge in [0.15, 0.2) is 12.2 Å². The number of hydrogen-bond acceptors (Lipinski definition) is 4. The molecule has 0 saturated carbocycles. The zero-order chi connectivity index (χ0) is 55.8. The van der Waals surface area contributed by atoms with Gasteiger partial charge >= 0.3 is 33.3 Å². The molecule has 0 amide bonds. The molecule has 0 aromatic heterocycles. The molecule has 1 fully saturated rings. The van der Waals surface area contributed by atoms with Gasteiger partial charge < -0.3 is 22.2 Å². The monoisotopic (exact) mass is 1140 g/mol. The molecule has 0 atom stereocenters. The van der Waals surface area contributed by atoms with Crippen molar-refractivity contribution in [1.82, 2.24) is 14.7 Å². The predicted octanol–water partition coefficient (Wildman–Crippen LogP) is 16.2. The minimum atomic E-state index is 0. The van der Waals surface area contributed by atoms with Gasteiger partial charge in [0.25, 0.3) is 0 Å². The molecule has 2 aliphatic heterocycles. The first-order valence-corrected chi connectivity index (χ1v) is 30.8. The van der Waals surface area contributed by atoms with Crippen LogP contribution in [0.4, 0.5) is 22.7 Å². The van der Waals surface area contributed by atoms with Crippen molar-refractivity contribution >= 4 is 72.6 Å². The van der Waals surface area contributed by atoms with Crippen LogP contribution in [0.5, 0.6) is 0 Å². The Hall–Kier alpha value is -3.98. The Balaban J connectivity index is 0.000000376. The molecule has 0 bridgehead atoms. The zero-order valence-electron chi connectivity index (χ0n) is 50.0. The van der Waals surface area contributed by atoms with Crippen molar-refractivity contribution in [3.8, 4) is 0 Å². The van der Waals surface area contributed by atoms with Gasteiger partial charge in [-0.1, -0.05) is 184 Å². The van der Waals surface area contributed by atoms with E-state index >= 15 is 0 Å². The molecule has 4 aromatic carbocycles. The third kappa shape index (κ3) is 18.0. The van der Waals surface area contributed by atoms with E-state index in [4.69, 9.17) is 40.2 Å². The molecule has 8 nitrogen and oxygen atoms in total. The van der Waals surface area contributed by atoms with E-state index in [1.54, 1.807) is 0 Å². The Morgan fingerprint density at radius 2 is 0.697 bits per heavy atom. The van der Waals surface area contributed by atoms with Gasteiger partial charge in [-0.3, -0.25) is 4.90 Å². The Morgan fingerprint density at radius 1 is 0.434 bits per heavy atom. The third-order valence-electron chi connectivity index (χ3n) is 14.3. The molecule has 0 radical (unpaired) electrons. The molecule has 0 unspecified atom stereocenters. The summed E-state index contributed by atoms with van der Waals surface area (Å²) in [5.74, 6) is 7.60. The van der Waals surface area contributed by atoms with E-state index in [2.05, 4.69) is 244 Å². The molecule has 2 aliphatic rings. The van der Waals surface area contributed by atoms with Crippen molar-refractivity contribution in [2.24, 2.45) is 20.0 Å². The molecule has 0 N–H and O–H groups in total. The van der Waals surface area contributed by atoms with Gasteiger partial charge in [0.05, 0.1) is 41.8 Å². The second-order valence-corrected chi connectivity index (χ2v) is 24.6. The van der Waals surface area contributed by atoms with Gasteiger partial charge in [-0.05, 0) is 125 Å². The maximum atomic E-state index is 5.22. The van der Waals surface area contributed by atoms with E-state index in [9.17, 15) is 0 Å². The van der Waals surface area contributed by atoms with Crippen molar-refractivity contribution in [1.29, 1.82) is 0 Å². The normalized spacial score (nSPS) is 15.0. The summed E-state index contributed by atoms with van der Waals surface area (Å²) < 4.78 is 2.29. The van der Waals surface area contributed by atoms with Crippen LogP contribution in [0.1, 0.15) is 243 Å². The van der Waals surface area contributed by atoms with Crippen molar-refractivity contribution < 1.29 is 30.1 Å². The molecule has 12 heteroatoms. The van der Waals surface area contributed by atoms with E-state index in [-0.39, 0.29) is 25.5 Å². The number of hydrogen-bond donors (Lipinski definition) is 0. The van der Waals surface area contributed by atoms with Crippen LogP contribution < -0.4 is 12.4 Å². The number of para-hydroxylation sites is 4. The number of halogens is 3. The second kappa shape index (κ2) is 31.6. The van der Waals surface area contributed by atoms with Crippen molar-refractivity contribution in [2.45, 2.75) is 199 Å². The quantitative estimate of drug-likeness (QED) is 0.0467. The van der Waals surface area contributed by atoms with Crippen LogP contribution in [0, 0.1) is 6.67 Å². The number of benzene rings is 4. The fourth-order valence-corrected chi connectivity index (χ4v) is 9.84. The SMILES string of the molecule is CC(=Nc1c(C(C)C)cccc1C(C)C)N1C=[N+](C(C)=Nc2c(C(C)C)cccc2C(C)C)CCC1.CC(=Nc1c(C(C)C)cccc1C(C)C)N1[CH-]N(C(C)=Nc2c(C(C)C)cccc2C(C)C)CCC1.[Cl-].[Cl][Fe+][Cl]. The van der Waals surface area contributed by atoms with E-state index in [1.165, 1.54) is 44.5 Å². The third-order valence-corrected chi connectivity index (χ3v) is 14.3. The summed E-state index contributed by atoms with van der Waals surface area (Å²) in [6, 6.07) is 26.5. The van der Waals surface area contributed by atoms with Crippen LogP contribution in [-0.4, -0.2) is 75.1 Å². The Labute approximate surface area is 483 Å². The van der Waals surface area contributed by atoms with Gasteiger partial charge in [-0.15, -0.1) is 4.99 Å². The van der Waals surface area contributed by atoms with Crippen LogP contribution in [0.25, 0.3) is 0 Å². The summed E-state index contributed by atoms with van der Waals surface area (Å²) in [5.41, 5.74) is 15.1. The van der Waals surface area contributed by atoms with Crippen LogP contribution in [0.15, 0.2) is 92.8 Å². The fourth-order valence-electron chi connectivity index (χ4n) is 9.84. The first kappa shape index (κ1) is 66.3. The van der Waals surface area contributed by atoms with Crippen molar-refractivity contribution in [3.63, 3.8) is 0 Å². The summed E-state index contributed by atoms with van der Waals surface area (Å²) in [5, 5.41) is 0. The van der Waals surface area contributed by atoms with Gasteiger partial charge in [-0.2, -0.15) is 6.67 Å². The van der Waals surface area contributed by atoms with Crippen LogP contribution in [-0.2, 0) is 13.1 Å². The predicted molar refractivity (Wildman–Crippen MR) is 326 cm³/mol. The van der Waals surface area contributed by atoms with E-state index in [0.29, 0.717) is 47.3 Å². The van der Waals surface area contributed by atoms with E-state index < -0.39 is 0 Å². The molecule has 1 saturated heterocycles. The Bertz CT molecular complexity index is 2450. The summed E-state index contributed by atoms with van der Waals surface area (Å²) in [4.78, 5) is 27.8. The minimum absolute atomic E-state index is 0. The van der Waals surface area contributed by atoms with Gasteiger partial charge in [0, 0.05) is 20.3 Å². The molecule has 6 rings (SSSR count). The second-order valence-electron chi connectivity index (χ2n) is 22.8. The fraction of sp³-hybridized carbons (Fsp3) is 0.531. The van der Waals surface area contributed by atoms with Crippen LogP contribution in [0.3, 0.4) is 0 Å². The van der Waals surface area contributed by atoms with E-state index in [0.717, 1.165) is 85.1 Å². The molecule has 0 aliphatic carbocycles. The van der Waals surface area contributed by atoms with Crippen LogP contribution in [0.2, 0.25) is 0 Å². The zero-order valence-corrected chi connectivity index (χ0v) is 53.4. The molecule has 4 aromatic rings. The van der Waals surface area contributed by atoms with Crippen molar-refractivity contribution in [2.75, 3.05) is 26.2 Å². The van der Waals surface area contributed by atoms with E-state index in [1.807, 2.05) is 0 Å². The van der Waals surface area contributed by atoms with Crippen molar-refractivity contribution in [3.05, 3.63) is 124 Å². The maximum absolute atomic E-state index is 5.22.